The van der Waals surface area contributed by atoms with Crippen molar-refractivity contribution >= 4 is 17.5 Å². The van der Waals surface area contributed by atoms with Crippen LogP contribution >= 0.6 is 0 Å². The molecule has 2 N–H and O–H groups in total. The highest BCUT2D eigenvalue weighted by Gasteiger charge is 2.19. The summed E-state index contributed by atoms with van der Waals surface area (Å²) in [5, 5.41) is 4.96. The van der Waals surface area contributed by atoms with E-state index in [1.54, 1.807) is 20.8 Å². The molecule has 0 spiro atoms. The smallest absolute Gasteiger partial charge is 0.258 e. The van der Waals surface area contributed by atoms with E-state index in [1.807, 2.05) is 0 Å². The van der Waals surface area contributed by atoms with Gasteiger partial charge >= 0.3 is 0 Å². The predicted molar refractivity (Wildman–Crippen MR) is 87.9 cm³/mol. The molecule has 0 heterocycles. The van der Waals surface area contributed by atoms with E-state index in [4.69, 9.17) is 0 Å². The lowest BCUT2D eigenvalue weighted by Crippen LogP contribution is -2.40. The summed E-state index contributed by atoms with van der Waals surface area (Å²) >= 11 is 0. The monoisotopic (exact) mass is 350 g/mol. The molecule has 0 fully saturated rings. The highest BCUT2D eigenvalue weighted by atomic mass is 19.2. The maximum atomic E-state index is 13.9. The highest BCUT2D eigenvalue weighted by molar-refractivity contribution is 6.06. The maximum Gasteiger partial charge on any atom is 0.258 e. The molecule has 0 radical (unpaired) electrons. The Bertz CT molecular complexity index is 830. The van der Waals surface area contributed by atoms with Crippen molar-refractivity contribution in [3.05, 3.63) is 65.0 Å². The van der Waals surface area contributed by atoms with Crippen LogP contribution in [0.5, 0.6) is 0 Å². The van der Waals surface area contributed by atoms with Crippen LogP contribution in [0.3, 0.4) is 0 Å². The van der Waals surface area contributed by atoms with Gasteiger partial charge in [-0.15, -0.1) is 0 Å². The van der Waals surface area contributed by atoms with Gasteiger partial charge < -0.3 is 10.6 Å². The lowest BCUT2D eigenvalue weighted by atomic mass is 10.1. The van der Waals surface area contributed by atoms with E-state index < -0.39 is 34.8 Å². The number of hydrogen-bond acceptors (Lipinski definition) is 2. The zero-order chi connectivity index (χ0) is 18.8. The van der Waals surface area contributed by atoms with Crippen molar-refractivity contribution in [3.63, 3.8) is 0 Å². The number of nitrogens with one attached hydrogen (secondary N) is 2. The van der Waals surface area contributed by atoms with E-state index in [2.05, 4.69) is 10.6 Å². The van der Waals surface area contributed by atoms with E-state index in [9.17, 15) is 22.8 Å². The van der Waals surface area contributed by atoms with Gasteiger partial charge in [0.05, 0.1) is 5.56 Å². The quantitative estimate of drug-likeness (QED) is 0.882. The van der Waals surface area contributed by atoms with Gasteiger partial charge in [-0.25, -0.2) is 13.2 Å². The molecule has 2 amide bonds. The second-order valence-electron chi connectivity index (χ2n) is 6.48. The molecule has 7 heteroatoms. The van der Waals surface area contributed by atoms with Gasteiger partial charge in [-0.1, -0.05) is 0 Å². The van der Waals surface area contributed by atoms with Crippen molar-refractivity contribution in [3.8, 4) is 0 Å². The van der Waals surface area contributed by atoms with Crippen molar-refractivity contribution < 1.29 is 22.8 Å². The lowest BCUT2D eigenvalue weighted by molar-refractivity contribution is 0.0919. The van der Waals surface area contributed by atoms with Gasteiger partial charge in [-0.2, -0.15) is 0 Å². The van der Waals surface area contributed by atoms with Gasteiger partial charge in [0, 0.05) is 22.9 Å². The molecule has 2 aromatic carbocycles. The average Bonchev–Trinajstić information content (AvgIpc) is 2.49. The molecule has 0 saturated carbocycles. The molecule has 0 aliphatic carbocycles. The average molecular weight is 350 g/mol. The van der Waals surface area contributed by atoms with Gasteiger partial charge in [-0.3, -0.25) is 9.59 Å². The third-order valence-corrected chi connectivity index (χ3v) is 3.14. The number of benzene rings is 2. The molecular formula is C18H17F3N2O2. The molecule has 0 aromatic heterocycles. The minimum Gasteiger partial charge on any atom is -0.347 e. The first-order chi connectivity index (χ1) is 11.6. The van der Waals surface area contributed by atoms with E-state index >= 15 is 0 Å². The number of rotatable bonds is 3. The first-order valence-electron chi connectivity index (χ1n) is 7.45. The van der Waals surface area contributed by atoms with E-state index in [0.29, 0.717) is 0 Å². The largest absolute Gasteiger partial charge is 0.347 e. The van der Waals surface area contributed by atoms with Crippen LogP contribution in [-0.2, 0) is 0 Å². The van der Waals surface area contributed by atoms with Gasteiger partial charge in [0.15, 0.2) is 11.6 Å². The summed E-state index contributed by atoms with van der Waals surface area (Å²) in [7, 11) is 0. The molecule has 0 unspecified atom stereocenters. The molecular weight excluding hydrogens is 333 g/mol. The van der Waals surface area contributed by atoms with Crippen LogP contribution < -0.4 is 10.6 Å². The van der Waals surface area contributed by atoms with Gasteiger partial charge in [0.2, 0.25) is 0 Å². The topological polar surface area (TPSA) is 58.2 Å². The van der Waals surface area contributed by atoms with Crippen LogP contribution in [0.15, 0.2) is 36.4 Å². The Labute approximate surface area is 143 Å². The fraction of sp³-hybridized carbons (Fsp3) is 0.222. The fourth-order valence-electron chi connectivity index (χ4n) is 2.03. The molecule has 2 aromatic rings. The van der Waals surface area contributed by atoms with E-state index in [-0.39, 0.29) is 16.8 Å². The van der Waals surface area contributed by atoms with Crippen LogP contribution in [0.1, 0.15) is 41.5 Å². The fourth-order valence-corrected chi connectivity index (χ4v) is 2.03. The van der Waals surface area contributed by atoms with Crippen LogP contribution in [-0.4, -0.2) is 17.4 Å². The Hall–Kier alpha value is -2.83. The Morgan fingerprint density at radius 1 is 0.840 bits per heavy atom. The van der Waals surface area contributed by atoms with Crippen LogP contribution in [0.2, 0.25) is 0 Å². The molecule has 0 aliphatic heterocycles. The Balaban J connectivity index is 2.25. The molecule has 0 bridgehead atoms. The normalized spacial score (nSPS) is 11.1. The Morgan fingerprint density at radius 2 is 1.48 bits per heavy atom. The van der Waals surface area contributed by atoms with Crippen molar-refractivity contribution in [2.24, 2.45) is 0 Å². The van der Waals surface area contributed by atoms with Crippen molar-refractivity contribution in [2.45, 2.75) is 26.3 Å². The summed E-state index contributed by atoms with van der Waals surface area (Å²) in [5.41, 5.74) is -0.814. The van der Waals surface area contributed by atoms with E-state index in [1.165, 1.54) is 6.07 Å². The minimum atomic E-state index is -1.14. The van der Waals surface area contributed by atoms with Crippen molar-refractivity contribution in [1.82, 2.24) is 5.32 Å². The Morgan fingerprint density at radius 3 is 2.08 bits per heavy atom. The number of anilines is 1. The van der Waals surface area contributed by atoms with Gasteiger partial charge in [0.25, 0.3) is 11.8 Å². The van der Waals surface area contributed by atoms with Gasteiger partial charge in [-0.05, 0) is 51.1 Å². The van der Waals surface area contributed by atoms with Crippen molar-refractivity contribution in [1.29, 1.82) is 0 Å². The van der Waals surface area contributed by atoms with Crippen LogP contribution in [0, 0.1) is 17.5 Å². The molecule has 0 saturated heterocycles. The second-order valence-corrected chi connectivity index (χ2v) is 6.48. The highest BCUT2D eigenvalue weighted by Crippen LogP contribution is 2.17. The summed E-state index contributed by atoms with van der Waals surface area (Å²) in [6.45, 7) is 5.35. The van der Waals surface area contributed by atoms with Gasteiger partial charge in [0.1, 0.15) is 5.82 Å². The second kappa shape index (κ2) is 6.96. The zero-order valence-corrected chi connectivity index (χ0v) is 13.9. The molecule has 0 aliphatic rings. The first-order valence-corrected chi connectivity index (χ1v) is 7.45. The molecule has 0 atom stereocenters. The summed E-state index contributed by atoms with van der Waals surface area (Å²) in [5.74, 6) is -4.39. The van der Waals surface area contributed by atoms with Crippen molar-refractivity contribution in [2.75, 3.05) is 5.32 Å². The lowest BCUT2D eigenvalue weighted by Gasteiger charge is -2.20. The third kappa shape index (κ3) is 4.82. The number of amides is 2. The predicted octanol–water partition coefficient (Wildman–Crippen LogP) is 3.88. The summed E-state index contributed by atoms with van der Waals surface area (Å²) in [4.78, 5) is 24.3. The zero-order valence-electron chi connectivity index (χ0n) is 13.9. The number of hydrogen-bond donors (Lipinski definition) is 2. The number of carbonyl (C=O) groups excluding carboxylic acids is 2. The number of carbonyl (C=O) groups is 2. The van der Waals surface area contributed by atoms with Crippen LogP contribution in [0.4, 0.5) is 18.9 Å². The minimum absolute atomic E-state index is 0.0344. The standard InChI is InChI=1S/C18H17F3N2O2/c1-18(2,3)23-16(24)10-4-6-13(19)12(8-10)17(25)22-11-5-7-14(20)15(21)9-11/h4-9H,1-3H3,(H,22,25)(H,23,24). The molecule has 2 rings (SSSR count). The summed E-state index contributed by atoms with van der Waals surface area (Å²) < 4.78 is 40.0. The molecule has 25 heavy (non-hydrogen) atoms. The maximum absolute atomic E-state index is 13.9. The molecule has 4 nitrogen and oxygen atoms in total. The summed E-state index contributed by atoms with van der Waals surface area (Å²) in [6.07, 6.45) is 0. The third-order valence-electron chi connectivity index (χ3n) is 3.14. The summed E-state index contributed by atoms with van der Waals surface area (Å²) in [6, 6.07) is 6.12. The Kier molecular flexibility index (Phi) is 5.15. The first kappa shape index (κ1) is 18.5. The number of halogens is 3. The van der Waals surface area contributed by atoms with Crippen LogP contribution in [0.25, 0.3) is 0 Å². The molecule has 132 valence electrons. The SMILES string of the molecule is CC(C)(C)NC(=O)c1ccc(F)c(C(=O)Nc2ccc(F)c(F)c2)c1. The van der Waals surface area contributed by atoms with E-state index in [0.717, 1.165) is 30.3 Å².